The van der Waals surface area contributed by atoms with Crippen LogP contribution in [0.25, 0.3) is 0 Å². The summed E-state index contributed by atoms with van der Waals surface area (Å²) in [4.78, 5) is 10.8. The number of rotatable bonds is 3. The number of Topliss-reactive ketones (excluding diaryl/α,β-unsaturated/α-hetero) is 1. The van der Waals surface area contributed by atoms with Crippen molar-refractivity contribution in [2.75, 3.05) is 0 Å². The molecule has 0 aromatic rings. The van der Waals surface area contributed by atoms with Crippen LogP contribution in [-0.2, 0) is 9.53 Å². The van der Waals surface area contributed by atoms with E-state index in [1.165, 1.54) is 0 Å². The van der Waals surface area contributed by atoms with Crippen LogP contribution in [0.1, 0.15) is 6.42 Å². The number of allylic oxidation sites excluding steroid dienone is 3. The van der Waals surface area contributed by atoms with Crippen molar-refractivity contribution in [2.45, 2.75) is 30.4 Å². The zero-order valence-corrected chi connectivity index (χ0v) is 11.9. The summed E-state index contributed by atoms with van der Waals surface area (Å²) in [5.74, 6) is -4.95. The number of carbonyl (C=O) groups excluding carboxylic acids is 1. The molecule has 0 aromatic heterocycles. The standard InChI is InChI=1S/C13H9F7O2S/c14-11(15)13(19,20)23-9-7(21)6-4-1-2-5(3-4)8(6)22-10(9)12(16,17)18/h1-2,4-6,8,11H,3H2/t4-,5+,6+,8-/m1/s1. The Labute approximate surface area is 129 Å². The van der Waals surface area contributed by atoms with Gasteiger partial charge < -0.3 is 4.74 Å². The number of ether oxygens (including phenoxy) is 1. The van der Waals surface area contributed by atoms with Gasteiger partial charge in [-0.1, -0.05) is 12.2 Å². The molecule has 1 heterocycles. The van der Waals surface area contributed by atoms with E-state index in [1.54, 1.807) is 12.2 Å². The molecule has 0 spiro atoms. The van der Waals surface area contributed by atoms with Gasteiger partial charge in [0.25, 0.3) is 0 Å². The maximum absolute atomic E-state index is 13.2. The van der Waals surface area contributed by atoms with Crippen molar-refractivity contribution in [1.29, 1.82) is 0 Å². The quantitative estimate of drug-likeness (QED) is 0.558. The number of thioether (sulfide) groups is 1. The summed E-state index contributed by atoms with van der Waals surface area (Å²) in [5.41, 5.74) is 0. The van der Waals surface area contributed by atoms with E-state index in [0.29, 0.717) is 6.42 Å². The first-order valence-electron chi connectivity index (χ1n) is 6.58. The topological polar surface area (TPSA) is 26.3 Å². The van der Waals surface area contributed by atoms with Crippen molar-refractivity contribution >= 4 is 17.5 Å². The molecular weight excluding hydrogens is 353 g/mol. The van der Waals surface area contributed by atoms with E-state index >= 15 is 0 Å². The molecule has 0 amide bonds. The second-order valence-corrected chi connectivity index (χ2v) is 6.70. The predicted molar refractivity (Wildman–Crippen MR) is 65.7 cm³/mol. The molecule has 2 aliphatic carbocycles. The Kier molecular flexibility index (Phi) is 3.73. The zero-order valence-electron chi connectivity index (χ0n) is 11.1. The molecular formula is C13H9F7O2S. The lowest BCUT2D eigenvalue weighted by atomic mass is 9.85. The highest BCUT2D eigenvalue weighted by Crippen LogP contribution is 2.55. The van der Waals surface area contributed by atoms with Gasteiger partial charge in [-0.25, -0.2) is 8.78 Å². The molecule has 3 rings (SSSR count). The SMILES string of the molecule is O=C1C(SC(F)(F)C(F)F)=C(C(F)(F)F)O[C@H]2[C@H]1[C@@H]1C=C[C@H]2C1. The maximum atomic E-state index is 13.2. The summed E-state index contributed by atoms with van der Waals surface area (Å²) in [7, 11) is 0. The molecule has 1 saturated carbocycles. The van der Waals surface area contributed by atoms with Crippen molar-refractivity contribution in [3.63, 3.8) is 0 Å². The van der Waals surface area contributed by atoms with Crippen molar-refractivity contribution < 1.29 is 40.3 Å². The van der Waals surface area contributed by atoms with Crippen LogP contribution >= 0.6 is 11.8 Å². The fraction of sp³-hybridized carbons (Fsp3) is 0.615. The van der Waals surface area contributed by atoms with Gasteiger partial charge in [0.05, 0.1) is 5.92 Å². The summed E-state index contributed by atoms with van der Waals surface area (Å²) >= 11 is -1.07. The van der Waals surface area contributed by atoms with Crippen LogP contribution in [0.4, 0.5) is 30.7 Å². The van der Waals surface area contributed by atoms with E-state index in [9.17, 15) is 35.5 Å². The van der Waals surface area contributed by atoms with Crippen molar-refractivity contribution in [3.05, 3.63) is 22.8 Å². The highest BCUT2D eigenvalue weighted by molar-refractivity contribution is 8.05. The van der Waals surface area contributed by atoms with E-state index in [2.05, 4.69) is 0 Å². The van der Waals surface area contributed by atoms with E-state index in [-0.39, 0.29) is 0 Å². The highest BCUT2D eigenvalue weighted by Gasteiger charge is 2.59. The number of alkyl halides is 7. The first-order chi connectivity index (χ1) is 10.5. The van der Waals surface area contributed by atoms with E-state index in [4.69, 9.17) is 4.74 Å². The van der Waals surface area contributed by atoms with Crippen molar-refractivity contribution in [1.82, 2.24) is 0 Å². The molecule has 23 heavy (non-hydrogen) atoms. The van der Waals surface area contributed by atoms with Crippen LogP contribution < -0.4 is 0 Å². The van der Waals surface area contributed by atoms with Gasteiger partial charge in [0.15, 0.2) is 5.78 Å². The van der Waals surface area contributed by atoms with Gasteiger partial charge in [0.2, 0.25) is 5.76 Å². The molecule has 0 radical (unpaired) electrons. The van der Waals surface area contributed by atoms with Gasteiger partial charge in [-0.2, -0.15) is 22.0 Å². The fourth-order valence-corrected chi connectivity index (χ4v) is 4.06. The normalized spacial score (nSPS) is 33.5. The van der Waals surface area contributed by atoms with Gasteiger partial charge in [0, 0.05) is 5.92 Å². The van der Waals surface area contributed by atoms with E-state index < -0.39 is 69.9 Å². The van der Waals surface area contributed by atoms with Crippen LogP contribution in [0.5, 0.6) is 0 Å². The molecule has 0 aromatic carbocycles. The van der Waals surface area contributed by atoms with Gasteiger partial charge in [-0.05, 0) is 24.1 Å². The lowest BCUT2D eigenvalue weighted by Gasteiger charge is -2.35. The Morgan fingerprint density at radius 3 is 2.30 bits per heavy atom. The van der Waals surface area contributed by atoms with Crippen LogP contribution in [0, 0.1) is 17.8 Å². The second kappa shape index (κ2) is 5.15. The molecule has 1 aliphatic heterocycles. The van der Waals surface area contributed by atoms with E-state index in [0.717, 1.165) is 0 Å². The number of fused-ring (bicyclic) bond motifs is 5. The molecule has 0 unspecified atom stereocenters. The van der Waals surface area contributed by atoms with Crippen molar-refractivity contribution in [2.24, 2.45) is 17.8 Å². The summed E-state index contributed by atoms with van der Waals surface area (Å²) in [6, 6.07) is 0. The fourth-order valence-electron chi connectivity index (χ4n) is 3.21. The highest BCUT2D eigenvalue weighted by atomic mass is 32.2. The Morgan fingerprint density at radius 2 is 1.74 bits per heavy atom. The first kappa shape index (κ1) is 16.7. The lowest BCUT2D eigenvalue weighted by molar-refractivity contribution is -0.158. The van der Waals surface area contributed by atoms with Crippen LogP contribution in [0.3, 0.4) is 0 Å². The van der Waals surface area contributed by atoms with Crippen LogP contribution in [0.2, 0.25) is 0 Å². The average Bonchev–Trinajstić information content (AvgIpc) is 3.01. The summed E-state index contributed by atoms with van der Waals surface area (Å²) in [5, 5.41) is -4.81. The summed E-state index contributed by atoms with van der Waals surface area (Å²) < 4.78 is 94.9. The van der Waals surface area contributed by atoms with Gasteiger partial charge in [0.1, 0.15) is 11.0 Å². The molecule has 2 bridgehead atoms. The van der Waals surface area contributed by atoms with Crippen LogP contribution in [-0.4, -0.2) is 29.7 Å². The largest absolute Gasteiger partial charge is 0.483 e. The molecule has 3 aliphatic rings. The monoisotopic (exact) mass is 362 g/mol. The molecule has 128 valence electrons. The average molecular weight is 362 g/mol. The van der Waals surface area contributed by atoms with Gasteiger partial charge in [-0.3, -0.25) is 4.79 Å². The first-order valence-corrected chi connectivity index (χ1v) is 7.39. The van der Waals surface area contributed by atoms with Gasteiger partial charge >= 0.3 is 17.9 Å². The minimum Gasteiger partial charge on any atom is -0.483 e. The Hall–Kier alpha value is -1.19. The Morgan fingerprint density at radius 1 is 1.13 bits per heavy atom. The molecule has 0 N–H and O–H groups in total. The molecule has 2 nitrogen and oxygen atoms in total. The van der Waals surface area contributed by atoms with E-state index in [1.807, 2.05) is 0 Å². The molecule has 4 atom stereocenters. The Bertz CT molecular complexity index is 596. The van der Waals surface area contributed by atoms with Crippen molar-refractivity contribution in [3.8, 4) is 0 Å². The third-order valence-corrected chi connectivity index (χ3v) is 5.16. The minimum atomic E-state index is -5.22. The molecule has 0 saturated heterocycles. The number of halogens is 7. The number of carbonyl (C=O) groups is 1. The number of ketones is 1. The lowest BCUT2D eigenvalue weighted by Crippen LogP contribution is -2.42. The van der Waals surface area contributed by atoms with Crippen LogP contribution in [0.15, 0.2) is 22.8 Å². The maximum Gasteiger partial charge on any atom is 0.450 e. The number of hydrogen-bond acceptors (Lipinski definition) is 3. The second-order valence-electron chi connectivity index (χ2n) is 5.54. The summed E-state index contributed by atoms with van der Waals surface area (Å²) in [6.07, 6.45) is -6.88. The van der Waals surface area contributed by atoms with Gasteiger partial charge in [-0.15, -0.1) is 0 Å². The third-order valence-electron chi connectivity index (χ3n) is 4.12. The minimum absolute atomic E-state index is 0.384. The Balaban J connectivity index is 2.01. The predicted octanol–water partition coefficient (Wildman–Crippen LogP) is 4.14. The molecule has 1 fully saturated rings. The number of hydrogen-bond donors (Lipinski definition) is 0. The smallest absolute Gasteiger partial charge is 0.450 e. The molecule has 10 heteroatoms. The zero-order chi connectivity index (χ0) is 17.2. The summed E-state index contributed by atoms with van der Waals surface area (Å²) in [6.45, 7) is 0. The third kappa shape index (κ3) is 2.64.